The van der Waals surface area contributed by atoms with E-state index in [1.807, 2.05) is 6.92 Å². The molecule has 0 amide bonds. The van der Waals surface area contributed by atoms with Crippen molar-refractivity contribution in [2.75, 3.05) is 19.5 Å². The third-order valence-corrected chi connectivity index (χ3v) is 2.87. The second kappa shape index (κ2) is 6.01. The Kier molecular flexibility index (Phi) is 4.96. The Morgan fingerprint density at radius 1 is 1.50 bits per heavy atom. The van der Waals surface area contributed by atoms with E-state index in [4.69, 9.17) is 10.5 Å². The Balaban J connectivity index is 2.79. The van der Waals surface area contributed by atoms with Gasteiger partial charge in [-0.2, -0.15) is 0 Å². The lowest BCUT2D eigenvalue weighted by Crippen LogP contribution is -2.13. The number of methoxy groups -OCH3 is 1. The highest BCUT2D eigenvalue weighted by atomic mass is 79.9. The van der Waals surface area contributed by atoms with Gasteiger partial charge in [-0.05, 0) is 24.6 Å². The molecule has 1 atom stereocenters. The van der Waals surface area contributed by atoms with Crippen LogP contribution in [0.3, 0.4) is 0 Å². The molecule has 16 heavy (non-hydrogen) atoms. The van der Waals surface area contributed by atoms with Crippen LogP contribution in [0.25, 0.3) is 0 Å². The maximum atomic E-state index is 12.0. The minimum Gasteiger partial charge on any atom is -0.399 e. The summed E-state index contributed by atoms with van der Waals surface area (Å²) in [5.41, 5.74) is 6.93. The zero-order valence-electron chi connectivity index (χ0n) is 9.50. The first-order chi connectivity index (χ1) is 7.54. The predicted molar refractivity (Wildman–Crippen MR) is 68.5 cm³/mol. The normalized spacial score (nSPS) is 12.4. The smallest absolute Gasteiger partial charge is 0.165 e. The Bertz CT molecular complexity index is 359. The van der Waals surface area contributed by atoms with E-state index in [2.05, 4.69) is 15.9 Å². The van der Waals surface area contributed by atoms with Crippen LogP contribution in [-0.2, 0) is 4.74 Å². The van der Waals surface area contributed by atoms with Crippen LogP contribution in [-0.4, -0.2) is 19.5 Å². The van der Waals surface area contributed by atoms with Crippen molar-refractivity contribution >= 4 is 27.4 Å². The van der Waals surface area contributed by atoms with E-state index in [0.29, 0.717) is 17.9 Å². The van der Waals surface area contributed by atoms with Crippen LogP contribution in [0.5, 0.6) is 0 Å². The molecule has 1 unspecified atom stereocenters. The van der Waals surface area contributed by atoms with E-state index in [1.165, 1.54) is 0 Å². The van der Waals surface area contributed by atoms with Crippen molar-refractivity contribution in [3.8, 4) is 0 Å². The molecule has 0 aliphatic carbocycles. The largest absolute Gasteiger partial charge is 0.399 e. The molecule has 1 aromatic rings. The number of hydrogen-bond acceptors (Lipinski definition) is 3. The topological polar surface area (TPSA) is 52.3 Å². The van der Waals surface area contributed by atoms with Gasteiger partial charge in [0.1, 0.15) is 0 Å². The predicted octanol–water partition coefficient (Wildman–Crippen LogP) is 2.89. The number of nitrogens with two attached hydrogens (primary N) is 1. The molecule has 0 aromatic heterocycles. The number of ketones is 1. The van der Waals surface area contributed by atoms with Crippen LogP contribution >= 0.6 is 15.9 Å². The molecule has 0 bridgehead atoms. The van der Waals surface area contributed by atoms with Gasteiger partial charge >= 0.3 is 0 Å². The average molecular weight is 286 g/mol. The van der Waals surface area contributed by atoms with E-state index < -0.39 is 0 Å². The van der Waals surface area contributed by atoms with E-state index >= 15 is 0 Å². The summed E-state index contributed by atoms with van der Waals surface area (Å²) in [6, 6.07) is 5.27. The van der Waals surface area contributed by atoms with Gasteiger partial charge in [-0.3, -0.25) is 4.79 Å². The van der Waals surface area contributed by atoms with Crippen molar-refractivity contribution in [3.05, 3.63) is 28.2 Å². The zero-order chi connectivity index (χ0) is 12.1. The van der Waals surface area contributed by atoms with Crippen molar-refractivity contribution < 1.29 is 9.53 Å². The fourth-order valence-electron chi connectivity index (χ4n) is 1.46. The number of carbonyl (C=O) groups excluding carboxylic acids is 1. The lowest BCUT2D eigenvalue weighted by molar-refractivity contribution is 0.0893. The van der Waals surface area contributed by atoms with Crippen LogP contribution in [0.4, 0.5) is 5.69 Å². The molecule has 3 nitrogen and oxygen atoms in total. The molecule has 0 radical (unpaired) electrons. The molecule has 88 valence electrons. The summed E-state index contributed by atoms with van der Waals surface area (Å²) in [5, 5.41) is 0. The first-order valence-corrected chi connectivity index (χ1v) is 5.93. The Morgan fingerprint density at radius 2 is 2.19 bits per heavy atom. The highest BCUT2D eigenvalue weighted by Gasteiger charge is 2.15. The number of Topliss-reactive ketones (excluding diaryl/α,β-unsaturated/α-hetero) is 1. The Morgan fingerprint density at radius 3 is 2.75 bits per heavy atom. The molecular formula is C12H16BrNO2. The number of halogens is 1. The third kappa shape index (κ3) is 3.61. The maximum Gasteiger partial charge on any atom is 0.165 e. The van der Waals surface area contributed by atoms with E-state index in [1.54, 1.807) is 25.3 Å². The van der Waals surface area contributed by atoms with Crippen molar-refractivity contribution in [1.82, 2.24) is 0 Å². The van der Waals surface area contributed by atoms with Crippen LogP contribution in [0.2, 0.25) is 0 Å². The molecule has 0 fully saturated rings. The van der Waals surface area contributed by atoms with Crippen LogP contribution in [0.15, 0.2) is 22.7 Å². The summed E-state index contributed by atoms with van der Waals surface area (Å²) in [4.78, 5) is 12.0. The monoisotopic (exact) mass is 285 g/mol. The van der Waals surface area contributed by atoms with Crippen molar-refractivity contribution in [3.63, 3.8) is 0 Å². The highest BCUT2D eigenvalue weighted by Crippen LogP contribution is 2.20. The maximum absolute atomic E-state index is 12.0. The van der Waals surface area contributed by atoms with Crippen LogP contribution < -0.4 is 5.73 Å². The van der Waals surface area contributed by atoms with E-state index in [9.17, 15) is 4.79 Å². The van der Waals surface area contributed by atoms with Gasteiger partial charge in [0, 0.05) is 35.4 Å². The Labute approximate surface area is 104 Å². The molecular weight excluding hydrogens is 270 g/mol. The second-order valence-electron chi connectivity index (χ2n) is 3.82. The standard InChI is InChI=1S/C12H16BrNO2/c1-8(3-4-16-2)12(15)9-5-10(13)7-11(14)6-9/h5-8H,3-4,14H2,1-2H3. The van der Waals surface area contributed by atoms with Crippen LogP contribution in [0, 0.1) is 5.92 Å². The molecule has 1 rings (SSSR count). The van der Waals surface area contributed by atoms with Crippen molar-refractivity contribution in [2.24, 2.45) is 5.92 Å². The van der Waals surface area contributed by atoms with Gasteiger partial charge < -0.3 is 10.5 Å². The SMILES string of the molecule is COCCC(C)C(=O)c1cc(N)cc(Br)c1. The van der Waals surface area contributed by atoms with Gasteiger partial charge in [-0.25, -0.2) is 0 Å². The number of rotatable bonds is 5. The fourth-order valence-corrected chi connectivity index (χ4v) is 1.98. The number of anilines is 1. The summed E-state index contributed by atoms with van der Waals surface area (Å²) < 4.78 is 5.79. The molecule has 0 saturated carbocycles. The van der Waals surface area contributed by atoms with E-state index in [-0.39, 0.29) is 11.7 Å². The lowest BCUT2D eigenvalue weighted by Gasteiger charge is -2.10. The number of nitrogen functional groups attached to an aromatic ring is 1. The minimum atomic E-state index is -0.0475. The first kappa shape index (κ1) is 13.2. The summed E-state index contributed by atoms with van der Waals surface area (Å²) in [6.45, 7) is 2.49. The lowest BCUT2D eigenvalue weighted by atomic mass is 9.96. The van der Waals surface area contributed by atoms with Gasteiger partial charge in [0.05, 0.1) is 0 Å². The summed E-state index contributed by atoms with van der Waals surface area (Å²) >= 11 is 3.33. The Hall–Kier alpha value is -0.870. The molecule has 0 spiro atoms. The second-order valence-corrected chi connectivity index (χ2v) is 4.74. The summed E-state index contributed by atoms with van der Waals surface area (Å²) in [6.07, 6.45) is 0.724. The molecule has 2 N–H and O–H groups in total. The summed E-state index contributed by atoms with van der Waals surface area (Å²) in [5.74, 6) is 0.0544. The summed E-state index contributed by atoms with van der Waals surface area (Å²) in [7, 11) is 1.63. The van der Waals surface area contributed by atoms with Gasteiger partial charge in [0.25, 0.3) is 0 Å². The number of hydrogen-bond donors (Lipinski definition) is 1. The molecule has 4 heteroatoms. The fraction of sp³-hybridized carbons (Fsp3) is 0.417. The van der Waals surface area contributed by atoms with Gasteiger partial charge in [-0.1, -0.05) is 22.9 Å². The van der Waals surface area contributed by atoms with E-state index in [0.717, 1.165) is 10.9 Å². The van der Waals surface area contributed by atoms with Crippen molar-refractivity contribution in [2.45, 2.75) is 13.3 Å². The van der Waals surface area contributed by atoms with Crippen LogP contribution in [0.1, 0.15) is 23.7 Å². The minimum absolute atomic E-state index is 0.0475. The van der Waals surface area contributed by atoms with Crippen molar-refractivity contribution in [1.29, 1.82) is 0 Å². The molecule has 0 heterocycles. The molecule has 0 saturated heterocycles. The quantitative estimate of drug-likeness (QED) is 0.669. The first-order valence-electron chi connectivity index (χ1n) is 5.14. The van der Waals surface area contributed by atoms with Gasteiger partial charge in [0.2, 0.25) is 0 Å². The van der Waals surface area contributed by atoms with Gasteiger partial charge in [0.15, 0.2) is 5.78 Å². The number of benzene rings is 1. The average Bonchev–Trinajstić information content (AvgIpc) is 2.23. The third-order valence-electron chi connectivity index (χ3n) is 2.41. The van der Waals surface area contributed by atoms with Gasteiger partial charge in [-0.15, -0.1) is 0 Å². The molecule has 0 aliphatic heterocycles. The highest BCUT2D eigenvalue weighted by molar-refractivity contribution is 9.10. The molecule has 0 aliphatic rings. The number of ether oxygens (including phenoxy) is 1. The number of carbonyl (C=O) groups is 1. The molecule has 1 aromatic carbocycles. The zero-order valence-corrected chi connectivity index (χ0v) is 11.1.